The molecule has 0 bridgehead atoms. The zero-order chi connectivity index (χ0) is 15.0. The standard InChI is InChI=1S/C15H10F2N2OS/c16-8-5-11(17)14(12(18)6-8)19-15(20)10-7-21-13-4-2-1-3-9(10)13/h1-7H,18H2,(H,19,20). The smallest absolute Gasteiger partial charge is 0.257 e. The summed E-state index contributed by atoms with van der Waals surface area (Å²) in [5.41, 5.74) is 5.61. The number of anilines is 2. The van der Waals surface area contributed by atoms with Crippen LogP contribution in [0.5, 0.6) is 0 Å². The van der Waals surface area contributed by atoms with Gasteiger partial charge < -0.3 is 11.1 Å². The maximum absolute atomic E-state index is 13.7. The van der Waals surface area contributed by atoms with E-state index in [0.29, 0.717) is 11.6 Å². The minimum atomic E-state index is -0.902. The summed E-state index contributed by atoms with van der Waals surface area (Å²) in [6.45, 7) is 0. The lowest BCUT2D eigenvalue weighted by Crippen LogP contribution is -2.14. The molecule has 2 aromatic carbocycles. The molecule has 1 heterocycles. The molecule has 3 nitrogen and oxygen atoms in total. The van der Waals surface area contributed by atoms with Gasteiger partial charge in [0.25, 0.3) is 5.91 Å². The van der Waals surface area contributed by atoms with Crippen molar-refractivity contribution in [2.45, 2.75) is 0 Å². The number of hydrogen-bond donors (Lipinski definition) is 2. The Morgan fingerprint density at radius 2 is 1.95 bits per heavy atom. The molecule has 21 heavy (non-hydrogen) atoms. The van der Waals surface area contributed by atoms with E-state index in [1.54, 1.807) is 5.38 Å². The number of nitrogen functional groups attached to an aromatic ring is 1. The van der Waals surface area contributed by atoms with Crippen molar-refractivity contribution >= 4 is 38.7 Å². The second-order valence-corrected chi connectivity index (χ2v) is 5.36. The van der Waals surface area contributed by atoms with Gasteiger partial charge in [-0.25, -0.2) is 8.78 Å². The largest absolute Gasteiger partial charge is 0.397 e. The van der Waals surface area contributed by atoms with E-state index in [0.717, 1.165) is 16.2 Å². The number of carbonyl (C=O) groups is 1. The molecule has 0 saturated carbocycles. The van der Waals surface area contributed by atoms with Gasteiger partial charge in [0.1, 0.15) is 11.5 Å². The number of carbonyl (C=O) groups excluding carboxylic acids is 1. The molecule has 3 N–H and O–H groups in total. The lowest BCUT2D eigenvalue weighted by molar-refractivity contribution is 0.102. The molecule has 1 amide bonds. The fourth-order valence-electron chi connectivity index (χ4n) is 2.06. The first kappa shape index (κ1) is 13.5. The number of rotatable bonds is 2. The predicted octanol–water partition coefficient (Wildman–Crippen LogP) is 4.01. The van der Waals surface area contributed by atoms with Gasteiger partial charge in [0, 0.05) is 21.5 Å². The Hall–Kier alpha value is -2.47. The second-order valence-electron chi connectivity index (χ2n) is 4.45. The minimum absolute atomic E-state index is 0.152. The van der Waals surface area contributed by atoms with Crippen molar-refractivity contribution in [3.63, 3.8) is 0 Å². The topological polar surface area (TPSA) is 55.1 Å². The highest BCUT2D eigenvalue weighted by molar-refractivity contribution is 7.17. The van der Waals surface area contributed by atoms with Gasteiger partial charge in [-0.05, 0) is 12.1 Å². The third-order valence-electron chi connectivity index (χ3n) is 3.05. The van der Waals surface area contributed by atoms with Crippen LogP contribution in [0.25, 0.3) is 10.1 Å². The summed E-state index contributed by atoms with van der Waals surface area (Å²) in [6, 6.07) is 9.04. The highest BCUT2D eigenvalue weighted by atomic mass is 32.1. The Kier molecular flexibility index (Phi) is 3.31. The number of thiophene rings is 1. The Labute approximate surface area is 123 Å². The fourth-order valence-corrected chi connectivity index (χ4v) is 3.00. The van der Waals surface area contributed by atoms with Gasteiger partial charge in [-0.15, -0.1) is 11.3 Å². The fraction of sp³-hybridized carbons (Fsp3) is 0. The third kappa shape index (κ3) is 2.45. The molecule has 0 radical (unpaired) electrons. The first-order chi connectivity index (χ1) is 10.1. The van der Waals surface area contributed by atoms with Crippen molar-refractivity contribution in [3.05, 3.63) is 59.0 Å². The third-order valence-corrected chi connectivity index (χ3v) is 4.01. The Morgan fingerprint density at radius 1 is 1.19 bits per heavy atom. The number of nitrogens with one attached hydrogen (secondary N) is 1. The van der Waals surface area contributed by atoms with E-state index in [1.165, 1.54) is 11.3 Å². The highest BCUT2D eigenvalue weighted by Gasteiger charge is 2.16. The van der Waals surface area contributed by atoms with Crippen molar-refractivity contribution in [2.24, 2.45) is 0 Å². The van der Waals surface area contributed by atoms with Gasteiger partial charge in [-0.2, -0.15) is 0 Å². The molecule has 3 rings (SSSR count). The molecule has 1 aromatic heterocycles. The van der Waals surface area contributed by atoms with Crippen molar-refractivity contribution in [1.29, 1.82) is 0 Å². The van der Waals surface area contributed by atoms with Crippen LogP contribution in [0, 0.1) is 11.6 Å². The first-order valence-electron chi connectivity index (χ1n) is 6.08. The number of benzene rings is 2. The van der Waals surface area contributed by atoms with Gasteiger partial charge in [-0.1, -0.05) is 18.2 Å². The van der Waals surface area contributed by atoms with E-state index < -0.39 is 17.5 Å². The summed E-state index contributed by atoms with van der Waals surface area (Å²) in [4.78, 5) is 12.3. The SMILES string of the molecule is Nc1cc(F)cc(F)c1NC(=O)c1csc2ccccc12. The minimum Gasteiger partial charge on any atom is -0.397 e. The number of nitrogens with two attached hydrogens (primary N) is 1. The highest BCUT2D eigenvalue weighted by Crippen LogP contribution is 2.28. The lowest BCUT2D eigenvalue weighted by Gasteiger charge is -2.09. The Bertz CT molecular complexity index is 822. The van der Waals surface area contributed by atoms with Gasteiger partial charge >= 0.3 is 0 Å². The summed E-state index contributed by atoms with van der Waals surface area (Å²) >= 11 is 1.42. The molecule has 0 aliphatic carbocycles. The van der Waals surface area contributed by atoms with Crippen molar-refractivity contribution in [3.8, 4) is 0 Å². The van der Waals surface area contributed by atoms with Crippen LogP contribution >= 0.6 is 11.3 Å². The predicted molar refractivity (Wildman–Crippen MR) is 80.5 cm³/mol. The van der Waals surface area contributed by atoms with Crippen molar-refractivity contribution in [1.82, 2.24) is 0 Å². The van der Waals surface area contributed by atoms with Gasteiger partial charge in [-0.3, -0.25) is 4.79 Å². The molecule has 0 atom stereocenters. The van der Waals surface area contributed by atoms with Crippen LogP contribution in [-0.4, -0.2) is 5.91 Å². The summed E-state index contributed by atoms with van der Waals surface area (Å²) in [7, 11) is 0. The molecule has 106 valence electrons. The van der Waals surface area contributed by atoms with Crippen LogP contribution < -0.4 is 11.1 Å². The van der Waals surface area contributed by atoms with Crippen LogP contribution in [0.3, 0.4) is 0 Å². The maximum atomic E-state index is 13.7. The molecular formula is C15H10F2N2OS. The normalized spacial score (nSPS) is 10.8. The first-order valence-corrected chi connectivity index (χ1v) is 6.96. The molecule has 0 aliphatic heterocycles. The average molecular weight is 304 g/mol. The van der Waals surface area contributed by atoms with Crippen LogP contribution in [0.2, 0.25) is 0 Å². The van der Waals surface area contributed by atoms with Crippen LogP contribution in [-0.2, 0) is 0 Å². The molecule has 6 heteroatoms. The number of halogens is 2. The monoisotopic (exact) mass is 304 g/mol. The molecule has 0 saturated heterocycles. The molecular weight excluding hydrogens is 294 g/mol. The second kappa shape index (κ2) is 5.14. The summed E-state index contributed by atoms with van der Waals surface area (Å²) < 4.78 is 27.6. The zero-order valence-corrected chi connectivity index (χ0v) is 11.5. The van der Waals surface area contributed by atoms with E-state index in [1.807, 2.05) is 24.3 Å². The Morgan fingerprint density at radius 3 is 2.71 bits per heavy atom. The summed E-state index contributed by atoms with van der Waals surface area (Å²) in [5.74, 6) is -2.17. The summed E-state index contributed by atoms with van der Waals surface area (Å²) in [6.07, 6.45) is 0. The summed E-state index contributed by atoms with van der Waals surface area (Å²) in [5, 5.41) is 4.87. The van der Waals surface area contributed by atoms with Gasteiger partial charge in [0.05, 0.1) is 11.3 Å². The molecule has 3 aromatic rings. The molecule has 0 unspecified atom stereocenters. The van der Waals surface area contributed by atoms with E-state index in [4.69, 9.17) is 5.73 Å². The van der Waals surface area contributed by atoms with Crippen molar-refractivity contribution < 1.29 is 13.6 Å². The quantitative estimate of drug-likeness (QED) is 0.703. The lowest BCUT2D eigenvalue weighted by atomic mass is 10.1. The number of amides is 1. The zero-order valence-electron chi connectivity index (χ0n) is 10.7. The van der Waals surface area contributed by atoms with E-state index in [2.05, 4.69) is 5.32 Å². The van der Waals surface area contributed by atoms with E-state index >= 15 is 0 Å². The van der Waals surface area contributed by atoms with Crippen LogP contribution in [0.1, 0.15) is 10.4 Å². The maximum Gasteiger partial charge on any atom is 0.257 e. The number of fused-ring (bicyclic) bond motifs is 1. The van der Waals surface area contributed by atoms with Gasteiger partial charge in [0.2, 0.25) is 0 Å². The number of hydrogen-bond acceptors (Lipinski definition) is 3. The van der Waals surface area contributed by atoms with E-state index in [-0.39, 0.29) is 11.4 Å². The van der Waals surface area contributed by atoms with Gasteiger partial charge in [0.15, 0.2) is 5.82 Å². The molecule has 0 aliphatic rings. The van der Waals surface area contributed by atoms with Crippen LogP contribution in [0.15, 0.2) is 41.8 Å². The van der Waals surface area contributed by atoms with Crippen molar-refractivity contribution in [2.75, 3.05) is 11.1 Å². The Balaban J connectivity index is 1.97. The molecule has 0 spiro atoms. The average Bonchev–Trinajstić information content (AvgIpc) is 2.86. The van der Waals surface area contributed by atoms with E-state index in [9.17, 15) is 13.6 Å². The molecule has 0 fully saturated rings. The van der Waals surface area contributed by atoms with Crippen LogP contribution in [0.4, 0.5) is 20.2 Å².